The van der Waals surface area contributed by atoms with E-state index in [0.29, 0.717) is 11.0 Å². The first kappa shape index (κ1) is 15.0. The van der Waals surface area contributed by atoms with Crippen LogP contribution in [0.4, 0.5) is 0 Å². The van der Waals surface area contributed by atoms with E-state index in [1.807, 2.05) is 18.2 Å². The zero-order valence-electron chi connectivity index (χ0n) is 10.9. The average Bonchev–Trinajstić information content (AvgIpc) is 2.42. The van der Waals surface area contributed by atoms with Crippen LogP contribution >= 0.6 is 27.5 Å². The number of hydrogen-bond acceptors (Lipinski definition) is 3. The summed E-state index contributed by atoms with van der Waals surface area (Å²) in [6, 6.07) is 9.51. The van der Waals surface area contributed by atoms with Gasteiger partial charge in [0.25, 0.3) is 0 Å². The predicted octanol–water partition coefficient (Wildman–Crippen LogP) is 3.12. The third-order valence-corrected chi connectivity index (χ3v) is 5.83. The summed E-state index contributed by atoms with van der Waals surface area (Å²) in [6.45, 7) is 0.363. The van der Waals surface area contributed by atoms with Gasteiger partial charge in [-0.3, -0.25) is 0 Å². The van der Waals surface area contributed by atoms with Gasteiger partial charge in [-0.15, -0.1) is 0 Å². The molecule has 1 N–H and O–H groups in total. The van der Waals surface area contributed by atoms with E-state index >= 15 is 0 Å². The Bertz CT molecular complexity index is 795. The van der Waals surface area contributed by atoms with Crippen LogP contribution in [0.1, 0.15) is 17.0 Å². The number of fused-ring (bicyclic) bond motifs is 1. The Labute approximate surface area is 136 Å². The van der Waals surface area contributed by atoms with E-state index in [9.17, 15) is 8.42 Å². The molecule has 1 aliphatic rings. The van der Waals surface area contributed by atoms with Crippen LogP contribution in [0.25, 0.3) is 0 Å². The molecular formula is C14H12BrClN2O2S. The Morgan fingerprint density at radius 1 is 1.38 bits per heavy atom. The van der Waals surface area contributed by atoms with Crippen LogP contribution in [-0.2, 0) is 16.4 Å². The molecule has 0 fully saturated rings. The number of hydrogen-bond donors (Lipinski definition) is 1. The summed E-state index contributed by atoms with van der Waals surface area (Å²) in [4.78, 5) is 3.83. The molecule has 0 saturated carbocycles. The van der Waals surface area contributed by atoms with Crippen LogP contribution in [0.3, 0.4) is 0 Å². The van der Waals surface area contributed by atoms with Crippen molar-refractivity contribution in [2.75, 3.05) is 6.54 Å². The quantitative estimate of drug-likeness (QED) is 0.820. The summed E-state index contributed by atoms with van der Waals surface area (Å²) in [5.41, 5.74) is 2.49. The SMILES string of the molecule is O=S(=O)(NCC1Cc2ccccc21)c1cc(Br)cnc1Cl. The molecule has 1 aromatic carbocycles. The zero-order valence-corrected chi connectivity index (χ0v) is 14.0. The number of nitrogens with one attached hydrogen (secondary N) is 1. The summed E-state index contributed by atoms with van der Waals surface area (Å²) in [6.07, 6.45) is 2.35. The Hall–Kier alpha value is -0.950. The fourth-order valence-electron chi connectivity index (χ4n) is 2.43. The standard InChI is InChI=1S/C14H12BrClN2O2S/c15-11-6-13(14(16)17-8-11)21(19,20)18-7-10-5-9-3-1-2-4-12(9)10/h1-4,6,8,10,18H,5,7H2. The summed E-state index contributed by atoms with van der Waals surface area (Å²) < 4.78 is 27.8. The second-order valence-electron chi connectivity index (χ2n) is 4.89. The van der Waals surface area contributed by atoms with Gasteiger partial charge in [-0.2, -0.15) is 0 Å². The summed E-state index contributed by atoms with van der Waals surface area (Å²) in [5, 5.41) is -0.0280. The minimum absolute atomic E-state index is 0.00819. The van der Waals surface area contributed by atoms with Gasteiger partial charge in [0.15, 0.2) is 0 Å². The number of aromatic nitrogens is 1. The molecule has 4 nitrogen and oxygen atoms in total. The van der Waals surface area contributed by atoms with Crippen LogP contribution < -0.4 is 4.72 Å². The maximum Gasteiger partial charge on any atom is 0.243 e. The fourth-order valence-corrected chi connectivity index (χ4v) is 4.45. The molecule has 0 saturated heterocycles. The fraction of sp³-hybridized carbons (Fsp3) is 0.214. The Balaban J connectivity index is 1.75. The molecule has 7 heteroatoms. The van der Waals surface area contributed by atoms with E-state index in [1.165, 1.54) is 23.4 Å². The van der Waals surface area contributed by atoms with E-state index in [0.717, 1.165) is 6.42 Å². The lowest BCUT2D eigenvalue weighted by molar-refractivity contribution is 0.552. The second kappa shape index (κ2) is 5.68. The molecule has 1 heterocycles. The van der Waals surface area contributed by atoms with Crippen molar-refractivity contribution in [1.29, 1.82) is 0 Å². The van der Waals surface area contributed by atoms with Crippen LogP contribution in [0.2, 0.25) is 5.15 Å². The number of pyridine rings is 1. The van der Waals surface area contributed by atoms with E-state index in [2.05, 4.69) is 31.7 Å². The summed E-state index contributed by atoms with van der Waals surface area (Å²) >= 11 is 9.08. The molecule has 21 heavy (non-hydrogen) atoms. The van der Waals surface area contributed by atoms with Crippen molar-refractivity contribution < 1.29 is 8.42 Å². The van der Waals surface area contributed by atoms with Crippen LogP contribution in [0.5, 0.6) is 0 Å². The topological polar surface area (TPSA) is 59.1 Å². The van der Waals surface area contributed by atoms with E-state index in [1.54, 1.807) is 0 Å². The minimum Gasteiger partial charge on any atom is -0.242 e. The Kier molecular flexibility index (Phi) is 4.05. The maximum atomic E-state index is 12.3. The van der Waals surface area contributed by atoms with Gasteiger partial charge >= 0.3 is 0 Å². The van der Waals surface area contributed by atoms with Crippen molar-refractivity contribution >= 4 is 37.6 Å². The van der Waals surface area contributed by atoms with Crippen LogP contribution in [0.15, 0.2) is 45.9 Å². The van der Waals surface area contributed by atoms with Crippen molar-refractivity contribution in [3.05, 3.63) is 57.3 Å². The normalized spacial score (nSPS) is 17.1. The van der Waals surface area contributed by atoms with Gasteiger partial charge in [0.2, 0.25) is 10.0 Å². The lowest BCUT2D eigenvalue weighted by Gasteiger charge is -2.30. The lowest BCUT2D eigenvalue weighted by Crippen LogP contribution is -2.33. The minimum atomic E-state index is -3.66. The molecule has 110 valence electrons. The highest BCUT2D eigenvalue weighted by molar-refractivity contribution is 9.10. The third-order valence-electron chi connectivity index (χ3n) is 3.54. The highest BCUT2D eigenvalue weighted by atomic mass is 79.9. The number of nitrogens with zero attached hydrogens (tertiary/aromatic N) is 1. The van der Waals surface area contributed by atoms with Gasteiger partial charge in [-0.25, -0.2) is 18.1 Å². The van der Waals surface area contributed by atoms with Crippen LogP contribution in [-0.4, -0.2) is 19.9 Å². The smallest absolute Gasteiger partial charge is 0.242 e. The first-order chi connectivity index (χ1) is 9.97. The maximum absolute atomic E-state index is 12.3. The average molecular weight is 388 g/mol. The van der Waals surface area contributed by atoms with E-state index in [4.69, 9.17) is 11.6 Å². The molecule has 0 aliphatic heterocycles. The van der Waals surface area contributed by atoms with Gasteiger partial charge in [0.05, 0.1) is 0 Å². The molecule has 1 atom stereocenters. The first-order valence-electron chi connectivity index (χ1n) is 6.36. The van der Waals surface area contributed by atoms with E-state index < -0.39 is 10.0 Å². The van der Waals surface area contributed by atoms with Crippen molar-refractivity contribution in [1.82, 2.24) is 9.71 Å². The van der Waals surface area contributed by atoms with Crippen molar-refractivity contribution in [3.63, 3.8) is 0 Å². The number of halogens is 2. The molecule has 2 aromatic rings. The van der Waals surface area contributed by atoms with Gasteiger partial charge in [0.1, 0.15) is 10.0 Å². The molecule has 0 spiro atoms. The molecule has 1 unspecified atom stereocenters. The van der Waals surface area contributed by atoms with Crippen molar-refractivity contribution in [2.45, 2.75) is 17.2 Å². The highest BCUT2D eigenvalue weighted by Crippen LogP contribution is 2.34. The first-order valence-corrected chi connectivity index (χ1v) is 9.01. The predicted molar refractivity (Wildman–Crippen MR) is 85.0 cm³/mol. The summed E-state index contributed by atoms with van der Waals surface area (Å²) in [5.74, 6) is 0.217. The zero-order chi connectivity index (χ0) is 15.0. The van der Waals surface area contributed by atoms with Gasteiger partial charge in [-0.1, -0.05) is 35.9 Å². The van der Waals surface area contributed by atoms with E-state index in [-0.39, 0.29) is 16.0 Å². The largest absolute Gasteiger partial charge is 0.243 e. The van der Waals surface area contributed by atoms with Gasteiger partial charge in [0, 0.05) is 23.1 Å². The second-order valence-corrected chi connectivity index (χ2v) is 7.90. The Morgan fingerprint density at radius 3 is 2.90 bits per heavy atom. The van der Waals surface area contributed by atoms with Crippen LogP contribution in [0, 0.1) is 0 Å². The van der Waals surface area contributed by atoms with Gasteiger partial charge in [-0.05, 0) is 39.5 Å². The number of benzene rings is 1. The van der Waals surface area contributed by atoms with Gasteiger partial charge < -0.3 is 0 Å². The summed E-state index contributed by atoms with van der Waals surface area (Å²) in [7, 11) is -3.66. The third kappa shape index (κ3) is 2.99. The van der Waals surface area contributed by atoms with Crippen molar-refractivity contribution in [2.24, 2.45) is 0 Å². The molecular weight excluding hydrogens is 376 g/mol. The number of rotatable bonds is 4. The molecule has 0 bridgehead atoms. The molecule has 0 radical (unpaired) electrons. The lowest BCUT2D eigenvalue weighted by atomic mass is 9.78. The molecule has 1 aliphatic carbocycles. The van der Waals surface area contributed by atoms with Crippen molar-refractivity contribution in [3.8, 4) is 0 Å². The molecule has 0 amide bonds. The monoisotopic (exact) mass is 386 g/mol. The number of sulfonamides is 1. The Morgan fingerprint density at radius 2 is 2.14 bits per heavy atom. The molecule has 3 rings (SSSR count). The molecule has 1 aromatic heterocycles. The highest BCUT2D eigenvalue weighted by Gasteiger charge is 2.28.